The summed E-state index contributed by atoms with van der Waals surface area (Å²) in [6, 6.07) is 2.83. The van der Waals surface area contributed by atoms with Gasteiger partial charge < -0.3 is 8.85 Å². The zero-order chi connectivity index (χ0) is 16.0. The van der Waals surface area contributed by atoms with Gasteiger partial charge in [0.05, 0.1) is 0 Å². The zero-order valence-electron chi connectivity index (χ0n) is 13.1. The Kier molecular flexibility index (Phi) is 7.17. The summed E-state index contributed by atoms with van der Waals surface area (Å²) in [5, 5.41) is 0. The van der Waals surface area contributed by atoms with Gasteiger partial charge in [-0.25, -0.2) is 13.2 Å². The van der Waals surface area contributed by atoms with Crippen LogP contribution < -0.4 is 0 Å². The van der Waals surface area contributed by atoms with E-state index in [2.05, 4.69) is 6.58 Å². The van der Waals surface area contributed by atoms with Gasteiger partial charge in [-0.15, -0.1) is 6.58 Å². The van der Waals surface area contributed by atoms with Crippen molar-refractivity contribution in [1.29, 1.82) is 0 Å². The smallest absolute Gasteiger partial charge is 0.269 e. The molecule has 0 aromatic heterocycles. The normalized spacial score (nSPS) is 32.6. The van der Waals surface area contributed by atoms with Crippen LogP contribution in [0.25, 0.3) is 0 Å². The van der Waals surface area contributed by atoms with Crippen molar-refractivity contribution >= 4 is 17.4 Å². The highest BCUT2D eigenvalue weighted by Gasteiger charge is 2.50. The molecule has 4 atom stereocenters. The van der Waals surface area contributed by atoms with Crippen molar-refractivity contribution in [3.8, 4) is 0 Å². The van der Waals surface area contributed by atoms with Crippen LogP contribution in [0.1, 0.15) is 25.7 Å². The van der Waals surface area contributed by atoms with E-state index in [1.807, 2.05) is 0 Å². The molecule has 2 nitrogen and oxygen atoms in total. The summed E-state index contributed by atoms with van der Waals surface area (Å²) in [6.45, 7) is 5.06. The lowest BCUT2D eigenvalue weighted by Gasteiger charge is -2.43. The van der Waals surface area contributed by atoms with Crippen LogP contribution in [-0.4, -0.2) is 43.2 Å². The van der Waals surface area contributed by atoms with Crippen LogP contribution in [0.4, 0.5) is 13.2 Å². The SMILES string of the molecule is C=CC[Si]1(C(C[SiH]2CCCCO2)C(F)C(F)F)CCCCO1. The quantitative estimate of drug-likeness (QED) is 0.498. The standard InChI is InChI=1S/C15H27F3O2Si2/c1-2-10-22(11-6-4-8-20-22)13(14(16)15(17)18)12-21-9-5-3-7-19-21/h2,13-15,21H,1,3-12H2. The summed E-state index contributed by atoms with van der Waals surface area (Å²) in [7, 11) is -4.11. The molecule has 0 bridgehead atoms. The van der Waals surface area contributed by atoms with E-state index in [0.29, 0.717) is 25.3 Å². The van der Waals surface area contributed by atoms with Gasteiger partial charge >= 0.3 is 0 Å². The maximum absolute atomic E-state index is 14.4. The molecule has 2 heterocycles. The second kappa shape index (κ2) is 8.66. The highest BCUT2D eigenvalue weighted by atomic mass is 28.4. The number of allylic oxidation sites excluding steroid dienone is 1. The fourth-order valence-corrected chi connectivity index (χ4v) is 12.9. The summed E-state index contributed by atoms with van der Waals surface area (Å²) in [5.41, 5.74) is -0.638. The van der Waals surface area contributed by atoms with Crippen molar-refractivity contribution < 1.29 is 22.0 Å². The fourth-order valence-electron chi connectivity index (χ4n) is 3.81. The van der Waals surface area contributed by atoms with E-state index < -0.39 is 35.5 Å². The van der Waals surface area contributed by atoms with Crippen LogP contribution in [0.2, 0.25) is 29.7 Å². The molecule has 22 heavy (non-hydrogen) atoms. The van der Waals surface area contributed by atoms with Gasteiger partial charge in [-0.1, -0.05) is 18.9 Å². The molecular formula is C15H27F3O2Si2. The monoisotopic (exact) mass is 352 g/mol. The molecule has 0 saturated carbocycles. The van der Waals surface area contributed by atoms with E-state index in [4.69, 9.17) is 8.85 Å². The third-order valence-electron chi connectivity index (χ3n) is 4.97. The highest BCUT2D eigenvalue weighted by molar-refractivity contribution is 6.77. The van der Waals surface area contributed by atoms with Gasteiger partial charge in [0.15, 0.2) is 15.2 Å². The molecule has 0 aromatic rings. The Morgan fingerprint density at radius 1 is 1.14 bits per heavy atom. The predicted octanol–water partition coefficient (Wildman–Crippen LogP) is 4.44. The first-order valence-electron chi connectivity index (χ1n) is 8.38. The largest absolute Gasteiger partial charge is 0.420 e. The van der Waals surface area contributed by atoms with Crippen LogP contribution in [0, 0.1) is 0 Å². The Bertz CT molecular complexity index is 346. The number of rotatable bonds is 7. The Morgan fingerprint density at radius 3 is 2.45 bits per heavy atom. The minimum Gasteiger partial charge on any atom is -0.420 e. The molecule has 2 fully saturated rings. The lowest BCUT2D eigenvalue weighted by molar-refractivity contribution is 0.0417. The minimum atomic E-state index is -2.93. The maximum Gasteiger partial charge on any atom is 0.269 e. The Hall–Kier alpha value is -0.116. The van der Waals surface area contributed by atoms with Gasteiger partial charge in [-0.05, 0) is 37.0 Å². The molecule has 0 amide bonds. The van der Waals surface area contributed by atoms with Gasteiger partial charge in [0.2, 0.25) is 8.32 Å². The number of halogens is 3. The first kappa shape index (κ1) is 18.2. The van der Waals surface area contributed by atoms with Crippen molar-refractivity contribution in [2.45, 2.75) is 68.0 Å². The van der Waals surface area contributed by atoms with E-state index in [1.54, 1.807) is 6.08 Å². The second-order valence-corrected chi connectivity index (χ2v) is 13.2. The van der Waals surface area contributed by atoms with Crippen LogP contribution >= 0.6 is 0 Å². The van der Waals surface area contributed by atoms with E-state index in [1.165, 1.54) is 0 Å². The van der Waals surface area contributed by atoms with Crippen LogP contribution in [0.15, 0.2) is 12.7 Å². The highest BCUT2D eigenvalue weighted by Crippen LogP contribution is 2.44. The lowest BCUT2D eigenvalue weighted by atomic mass is 10.3. The molecule has 0 N–H and O–H groups in total. The van der Waals surface area contributed by atoms with Gasteiger partial charge in [-0.3, -0.25) is 0 Å². The summed E-state index contributed by atoms with van der Waals surface area (Å²) in [5.74, 6) is 0. The molecule has 0 radical (unpaired) electrons. The molecule has 0 aromatic carbocycles. The molecule has 0 spiro atoms. The van der Waals surface area contributed by atoms with Crippen molar-refractivity contribution in [2.24, 2.45) is 0 Å². The number of hydrogen-bond donors (Lipinski definition) is 0. The van der Waals surface area contributed by atoms with E-state index in [0.717, 1.165) is 37.8 Å². The van der Waals surface area contributed by atoms with E-state index in [9.17, 15) is 13.2 Å². The molecule has 2 saturated heterocycles. The molecule has 2 aliphatic rings. The number of alkyl halides is 3. The summed E-state index contributed by atoms with van der Waals surface area (Å²) in [6.07, 6.45) is 0.762. The molecular weight excluding hydrogens is 325 g/mol. The van der Waals surface area contributed by atoms with Crippen LogP contribution in [-0.2, 0) is 8.85 Å². The van der Waals surface area contributed by atoms with Gasteiger partial charge in [0.25, 0.3) is 6.43 Å². The van der Waals surface area contributed by atoms with Crippen molar-refractivity contribution in [3.05, 3.63) is 12.7 Å². The molecule has 2 rings (SSSR count). The fraction of sp³-hybridized carbons (Fsp3) is 0.867. The topological polar surface area (TPSA) is 18.5 Å². The van der Waals surface area contributed by atoms with Gasteiger partial charge in [0, 0.05) is 18.8 Å². The Labute approximate surface area is 133 Å². The predicted molar refractivity (Wildman–Crippen MR) is 87.4 cm³/mol. The van der Waals surface area contributed by atoms with Gasteiger partial charge in [-0.2, -0.15) is 0 Å². The zero-order valence-corrected chi connectivity index (χ0v) is 15.3. The molecule has 4 unspecified atom stereocenters. The Morgan fingerprint density at radius 2 is 1.91 bits per heavy atom. The van der Waals surface area contributed by atoms with Gasteiger partial charge in [0.1, 0.15) is 0 Å². The van der Waals surface area contributed by atoms with Crippen molar-refractivity contribution in [2.75, 3.05) is 13.2 Å². The summed E-state index contributed by atoms with van der Waals surface area (Å²) in [4.78, 5) is 0. The third-order valence-corrected chi connectivity index (χ3v) is 13.1. The molecule has 2 aliphatic heterocycles. The van der Waals surface area contributed by atoms with Crippen molar-refractivity contribution in [1.82, 2.24) is 0 Å². The molecule has 7 heteroatoms. The van der Waals surface area contributed by atoms with Crippen LogP contribution in [0.5, 0.6) is 0 Å². The third kappa shape index (κ3) is 4.46. The molecule has 0 aliphatic carbocycles. The maximum atomic E-state index is 14.4. The average Bonchev–Trinajstić information content (AvgIpc) is 2.54. The minimum absolute atomic E-state index is 0.506. The lowest BCUT2D eigenvalue weighted by Crippen LogP contribution is -2.51. The summed E-state index contributed by atoms with van der Waals surface area (Å²) >= 11 is 0. The second-order valence-electron chi connectivity index (χ2n) is 6.47. The van der Waals surface area contributed by atoms with Crippen LogP contribution in [0.3, 0.4) is 0 Å². The number of hydrogen-bond acceptors (Lipinski definition) is 2. The average molecular weight is 353 g/mol. The summed E-state index contributed by atoms with van der Waals surface area (Å²) < 4.78 is 52.6. The van der Waals surface area contributed by atoms with E-state index >= 15 is 0 Å². The first-order chi connectivity index (χ1) is 10.6. The first-order valence-corrected chi connectivity index (χ1v) is 12.9. The van der Waals surface area contributed by atoms with E-state index in [-0.39, 0.29) is 0 Å². The molecule has 128 valence electrons. The van der Waals surface area contributed by atoms with Crippen molar-refractivity contribution in [3.63, 3.8) is 0 Å². The Balaban J connectivity index is 2.17.